The van der Waals surface area contributed by atoms with Crippen LogP contribution in [-0.2, 0) is 28.6 Å². The van der Waals surface area contributed by atoms with Gasteiger partial charge >= 0.3 is 17.9 Å². The van der Waals surface area contributed by atoms with E-state index < -0.39 is 0 Å². The van der Waals surface area contributed by atoms with Crippen molar-refractivity contribution in [1.29, 1.82) is 0 Å². The molecule has 0 heterocycles. The van der Waals surface area contributed by atoms with Crippen molar-refractivity contribution in [3.63, 3.8) is 0 Å². The first-order valence-electron chi connectivity index (χ1n) is 23.1. The zero-order chi connectivity index (χ0) is 42.2. The van der Waals surface area contributed by atoms with Crippen LogP contribution in [0.1, 0.15) is 202 Å². The summed E-state index contributed by atoms with van der Waals surface area (Å²) in [5.74, 6) is -0.0805. The van der Waals surface area contributed by atoms with Crippen LogP contribution in [0.5, 0.6) is 0 Å². The maximum atomic E-state index is 13.1. The van der Waals surface area contributed by atoms with Gasteiger partial charge < -0.3 is 19.1 Å². The highest BCUT2D eigenvalue weighted by Crippen LogP contribution is 2.28. The topological polar surface area (TPSA) is 82.1 Å². The normalized spacial score (nSPS) is 12.9. The van der Waals surface area contributed by atoms with Gasteiger partial charge in [-0.15, -0.1) is 0 Å². The maximum Gasteiger partial charge on any atom is 0.306 e. The number of nitrogens with zero attached hydrogens (tertiary/aromatic N) is 1. The third kappa shape index (κ3) is 42.8. The Morgan fingerprint density at radius 2 is 0.912 bits per heavy atom. The molecule has 7 nitrogen and oxygen atoms in total. The molecule has 0 aromatic carbocycles. The van der Waals surface area contributed by atoms with Gasteiger partial charge in [0.25, 0.3) is 0 Å². The van der Waals surface area contributed by atoms with Crippen molar-refractivity contribution >= 4 is 17.9 Å². The van der Waals surface area contributed by atoms with E-state index in [1.165, 1.54) is 78.1 Å². The largest absolute Gasteiger partial charge is 0.466 e. The average Bonchev–Trinajstić information content (AvgIpc) is 3.12. The van der Waals surface area contributed by atoms with E-state index in [-0.39, 0.29) is 29.4 Å². The van der Waals surface area contributed by atoms with Gasteiger partial charge in [0, 0.05) is 26.8 Å². The lowest BCUT2D eigenvalue weighted by Gasteiger charge is -2.31. The van der Waals surface area contributed by atoms with E-state index in [4.69, 9.17) is 14.2 Å². The van der Waals surface area contributed by atoms with Crippen molar-refractivity contribution in [2.75, 3.05) is 33.9 Å². The van der Waals surface area contributed by atoms with Crippen LogP contribution in [0, 0.1) is 11.3 Å². The van der Waals surface area contributed by atoms with Crippen molar-refractivity contribution in [2.24, 2.45) is 11.3 Å². The molecule has 0 spiro atoms. The predicted octanol–water partition coefficient (Wildman–Crippen LogP) is 13.6. The van der Waals surface area contributed by atoms with Gasteiger partial charge in [0.05, 0.1) is 13.2 Å². The van der Waals surface area contributed by atoms with Crippen LogP contribution in [0.2, 0.25) is 0 Å². The van der Waals surface area contributed by atoms with Crippen molar-refractivity contribution < 1.29 is 28.6 Å². The minimum atomic E-state index is -0.195. The van der Waals surface area contributed by atoms with E-state index in [2.05, 4.69) is 88.4 Å². The minimum Gasteiger partial charge on any atom is -0.466 e. The monoisotopic (exact) mass is 800 g/mol. The Morgan fingerprint density at radius 3 is 1.30 bits per heavy atom. The molecule has 0 aliphatic carbocycles. The molecule has 0 N–H and O–H groups in total. The Morgan fingerprint density at radius 1 is 0.544 bits per heavy atom. The van der Waals surface area contributed by atoms with Crippen LogP contribution < -0.4 is 0 Å². The molecule has 330 valence electrons. The predicted molar refractivity (Wildman–Crippen MR) is 241 cm³/mol. The second-order valence-corrected chi connectivity index (χ2v) is 17.5. The number of unbranched alkanes of at least 4 members (excludes halogenated alkanes) is 16. The summed E-state index contributed by atoms with van der Waals surface area (Å²) in [5.41, 5.74) is 0.176. The molecule has 0 saturated heterocycles. The molecule has 0 bridgehead atoms. The second kappa shape index (κ2) is 38.8. The number of allylic oxidation sites excluding steroid dienone is 8. The molecule has 57 heavy (non-hydrogen) atoms. The van der Waals surface area contributed by atoms with Gasteiger partial charge in [-0.2, -0.15) is 0 Å². The first-order chi connectivity index (χ1) is 27.4. The van der Waals surface area contributed by atoms with Crippen LogP contribution in [-0.4, -0.2) is 62.8 Å². The average molecular weight is 800 g/mol. The number of esters is 3. The highest BCUT2D eigenvalue weighted by molar-refractivity contribution is 5.69. The van der Waals surface area contributed by atoms with E-state index in [0.29, 0.717) is 25.6 Å². The summed E-state index contributed by atoms with van der Waals surface area (Å²) in [4.78, 5) is 36.9. The number of carbonyl (C=O) groups excluding carboxylic acids is 3. The minimum absolute atomic E-state index is 0.00672. The molecular weight excluding hydrogens is 711 g/mol. The lowest BCUT2D eigenvalue weighted by atomic mass is 9.82. The Kier molecular flexibility index (Phi) is 37.0. The van der Waals surface area contributed by atoms with Gasteiger partial charge in [-0.25, -0.2) is 0 Å². The molecule has 0 aliphatic rings. The first-order valence-corrected chi connectivity index (χ1v) is 23.1. The summed E-state index contributed by atoms with van der Waals surface area (Å²) in [7, 11) is 4.24. The quantitative estimate of drug-likeness (QED) is 0.0265. The van der Waals surface area contributed by atoms with E-state index >= 15 is 0 Å². The fourth-order valence-corrected chi connectivity index (χ4v) is 7.57. The van der Waals surface area contributed by atoms with Crippen molar-refractivity contribution in [3.8, 4) is 0 Å². The van der Waals surface area contributed by atoms with Gasteiger partial charge in [-0.1, -0.05) is 121 Å². The lowest BCUT2D eigenvalue weighted by Crippen LogP contribution is -2.31. The Bertz CT molecular complexity index is 1030. The molecular formula is C50H89NO6. The number of hydrogen-bond donors (Lipinski definition) is 0. The SMILES string of the molecule is CC(=O)OCCCC/C=C\C/C=C\CCCCCCCCC(CCCCCCCC/C=C\C/C=C\CCCCOC(C)=O)OC(=O)CC(C)CC(C)(C)CN(C)C. The van der Waals surface area contributed by atoms with Crippen molar-refractivity contribution in [2.45, 2.75) is 208 Å². The van der Waals surface area contributed by atoms with Gasteiger partial charge in [0.2, 0.25) is 0 Å². The Labute approximate surface area is 351 Å². The van der Waals surface area contributed by atoms with Gasteiger partial charge in [0.15, 0.2) is 0 Å². The fourth-order valence-electron chi connectivity index (χ4n) is 7.57. The smallest absolute Gasteiger partial charge is 0.306 e. The van der Waals surface area contributed by atoms with Crippen molar-refractivity contribution in [1.82, 2.24) is 4.90 Å². The van der Waals surface area contributed by atoms with E-state index in [1.54, 1.807) is 0 Å². The van der Waals surface area contributed by atoms with E-state index in [0.717, 1.165) is 103 Å². The molecule has 0 saturated carbocycles. The summed E-state index contributed by atoms with van der Waals surface area (Å²) >= 11 is 0. The maximum absolute atomic E-state index is 13.1. The molecule has 7 heteroatoms. The van der Waals surface area contributed by atoms with E-state index in [1.807, 2.05) is 0 Å². The Hall–Kier alpha value is -2.67. The van der Waals surface area contributed by atoms with Crippen LogP contribution in [0.25, 0.3) is 0 Å². The zero-order valence-electron chi connectivity index (χ0n) is 38.2. The molecule has 0 radical (unpaired) electrons. The van der Waals surface area contributed by atoms with Crippen LogP contribution in [0.4, 0.5) is 0 Å². The first kappa shape index (κ1) is 54.3. The fraction of sp³-hybridized carbons (Fsp3) is 0.780. The van der Waals surface area contributed by atoms with Crippen LogP contribution >= 0.6 is 0 Å². The molecule has 1 atom stereocenters. The van der Waals surface area contributed by atoms with Crippen LogP contribution in [0.15, 0.2) is 48.6 Å². The lowest BCUT2D eigenvalue weighted by molar-refractivity contribution is -0.151. The summed E-state index contributed by atoms with van der Waals surface area (Å²) in [6.45, 7) is 11.8. The molecule has 0 fully saturated rings. The van der Waals surface area contributed by atoms with Crippen molar-refractivity contribution in [3.05, 3.63) is 48.6 Å². The number of hydrogen-bond acceptors (Lipinski definition) is 7. The molecule has 0 rings (SSSR count). The summed E-state index contributed by atoms with van der Waals surface area (Å²) in [6, 6.07) is 0. The van der Waals surface area contributed by atoms with Gasteiger partial charge in [0.1, 0.15) is 6.10 Å². The highest BCUT2D eigenvalue weighted by Gasteiger charge is 2.24. The molecule has 0 aromatic heterocycles. The van der Waals surface area contributed by atoms with Gasteiger partial charge in [-0.05, 0) is 135 Å². The molecule has 1 unspecified atom stereocenters. The van der Waals surface area contributed by atoms with E-state index in [9.17, 15) is 14.4 Å². The summed E-state index contributed by atoms with van der Waals surface area (Å²) in [6.07, 6.45) is 46.8. The third-order valence-corrected chi connectivity index (χ3v) is 10.1. The standard InChI is InChI=1S/C50H89NO6/c1-45(43-50(4,5)44-51(6)7)42-49(54)57-48(38-34-30-26-22-18-14-10-8-12-16-20-24-28-32-36-40-55-46(2)52)39-35-31-27-23-19-15-11-9-13-17-21-25-29-33-37-41-56-47(3)53/h8-9,12-13,20-21,24-25,45,48H,10-11,14-19,22-23,26-44H2,1-7H3/b12-8-,13-9-,24-20-,25-21-. The Balaban J connectivity index is 4.33. The molecule has 0 aliphatic heterocycles. The number of carbonyl (C=O) groups is 3. The number of rotatable bonds is 39. The summed E-state index contributed by atoms with van der Waals surface area (Å²) in [5, 5.41) is 0. The second-order valence-electron chi connectivity index (χ2n) is 17.5. The summed E-state index contributed by atoms with van der Waals surface area (Å²) < 4.78 is 16.1. The zero-order valence-corrected chi connectivity index (χ0v) is 38.2. The third-order valence-electron chi connectivity index (χ3n) is 10.1. The molecule has 0 amide bonds. The highest BCUT2D eigenvalue weighted by atomic mass is 16.5. The molecule has 0 aromatic rings. The number of ether oxygens (including phenoxy) is 3. The van der Waals surface area contributed by atoms with Crippen LogP contribution in [0.3, 0.4) is 0 Å². The van der Waals surface area contributed by atoms with Gasteiger partial charge in [-0.3, -0.25) is 14.4 Å².